The molecule has 20 heavy (non-hydrogen) atoms. The molecule has 1 saturated heterocycles. The van der Waals surface area contributed by atoms with Crippen molar-refractivity contribution < 1.29 is 23.1 Å². The van der Waals surface area contributed by atoms with E-state index in [9.17, 15) is 23.1 Å². The Morgan fingerprint density at radius 1 is 1.40 bits per heavy atom. The lowest BCUT2D eigenvalue weighted by molar-refractivity contribution is 0.0676. The standard InChI is InChI=1S/C14H16F3NO2/c1-8(19)7-9-3-2-6-18(9)14(20)10-4-5-11(15)13(17)12(10)16/h4-5,8-9,19H,2-3,6-7H2,1H3. The minimum Gasteiger partial charge on any atom is -0.393 e. The molecule has 1 N–H and O–H groups in total. The van der Waals surface area contributed by atoms with Gasteiger partial charge in [0.2, 0.25) is 0 Å². The highest BCUT2D eigenvalue weighted by Gasteiger charge is 2.32. The van der Waals surface area contributed by atoms with Gasteiger partial charge in [-0.2, -0.15) is 0 Å². The van der Waals surface area contributed by atoms with E-state index < -0.39 is 35.0 Å². The first-order valence-corrected chi connectivity index (χ1v) is 6.54. The third-order valence-electron chi connectivity index (χ3n) is 3.52. The summed E-state index contributed by atoms with van der Waals surface area (Å²) < 4.78 is 39.7. The number of hydrogen-bond donors (Lipinski definition) is 1. The predicted octanol–water partition coefficient (Wildman–Crippen LogP) is 2.48. The van der Waals surface area contributed by atoms with Crippen LogP contribution in [-0.4, -0.2) is 34.6 Å². The maximum absolute atomic E-state index is 13.6. The summed E-state index contributed by atoms with van der Waals surface area (Å²) in [5.41, 5.74) is -0.471. The van der Waals surface area contributed by atoms with Gasteiger partial charge in [0.1, 0.15) is 0 Å². The number of benzene rings is 1. The predicted molar refractivity (Wildman–Crippen MR) is 66.7 cm³/mol. The highest BCUT2D eigenvalue weighted by atomic mass is 19.2. The summed E-state index contributed by atoms with van der Waals surface area (Å²) in [6.07, 6.45) is 1.26. The molecule has 1 amide bonds. The topological polar surface area (TPSA) is 40.5 Å². The van der Waals surface area contributed by atoms with Crippen LogP contribution in [0, 0.1) is 17.5 Å². The second-order valence-electron chi connectivity index (χ2n) is 5.10. The van der Waals surface area contributed by atoms with Gasteiger partial charge in [-0.25, -0.2) is 13.2 Å². The van der Waals surface area contributed by atoms with E-state index in [0.717, 1.165) is 18.6 Å². The number of hydrogen-bond acceptors (Lipinski definition) is 2. The third-order valence-corrected chi connectivity index (χ3v) is 3.52. The first kappa shape index (κ1) is 14.8. The Balaban J connectivity index is 2.25. The summed E-state index contributed by atoms with van der Waals surface area (Å²) >= 11 is 0. The number of rotatable bonds is 3. The van der Waals surface area contributed by atoms with E-state index in [1.54, 1.807) is 6.92 Å². The molecule has 2 rings (SSSR count). The normalized spacial score (nSPS) is 20.2. The van der Waals surface area contributed by atoms with Gasteiger partial charge >= 0.3 is 0 Å². The minimum atomic E-state index is -1.64. The van der Waals surface area contributed by atoms with E-state index in [2.05, 4.69) is 0 Å². The molecule has 1 aromatic carbocycles. The van der Waals surface area contributed by atoms with Gasteiger partial charge in [0.15, 0.2) is 17.5 Å². The van der Waals surface area contributed by atoms with Gasteiger partial charge in [-0.1, -0.05) is 0 Å². The van der Waals surface area contributed by atoms with E-state index in [1.807, 2.05) is 0 Å². The Bertz CT molecular complexity index is 519. The monoisotopic (exact) mass is 287 g/mol. The molecule has 0 spiro atoms. The van der Waals surface area contributed by atoms with Crippen molar-refractivity contribution in [3.63, 3.8) is 0 Å². The van der Waals surface area contributed by atoms with Crippen LogP contribution in [0.25, 0.3) is 0 Å². The number of aliphatic hydroxyl groups excluding tert-OH is 1. The van der Waals surface area contributed by atoms with Crippen LogP contribution in [0.2, 0.25) is 0 Å². The molecule has 1 aliphatic rings. The Kier molecular flexibility index (Phi) is 4.32. The first-order valence-electron chi connectivity index (χ1n) is 6.54. The van der Waals surface area contributed by atoms with Crippen molar-refractivity contribution in [3.05, 3.63) is 35.1 Å². The van der Waals surface area contributed by atoms with Gasteiger partial charge in [0.25, 0.3) is 5.91 Å². The smallest absolute Gasteiger partial charge is 0.257 e. The van der Waals surface area contributed by atoms with E-state index in [1.165, 1.54) is 4.90 Å². The van der Waals surface area contributed by atoms with Crippen LogP contribution in [0.4, 0.5) is 13.2 Å². The van der Waals surface area contributed by atoms with Crippen LogP contribution in [0.15, 0.2) is 12.1 Å². The molecule has 1 aromatic rings. The van der Waals surface area contributed by atoms with Crippen LogP contribution in [0.1, 0.15) is 36.5 Å². The van der Waals surface area contributed by atoms with Gasteiger partial charge in [-0.05, 0) is 38.3 Å². The molecule has 0 radical (unpaired) electrons. The maximum Gasteiger partial charge on any atom is 0.257 e. The number of likely N-dealkylation sites (tertiary alicyclic amines) is 1. The van der Waals surface area contributed by atoms with E-state index in [-0.39, 0.29) is 6.04 Å². The summed E-state index contributed by atoms with van der Waals surface area (Å²) in [4.78, 5) is 13.7. The third kappa shape index (κ3) is 2.80. The molecule has 1 heterocycles. The van der Waals surface area contributed by atoms with Crippen molar-refractivity contribution in [2.24, 2.45) is 0 Å². The largest absolute Gasteiger partial charge is 0.393 e. The molecule has 1 fully saturated rings. The van der Waals surface area contributed by atoms with E-state index in [4.69, 9.17) is 0 Å². The van der Waals surface area contributed by atoms with Gasteiger partial charge < -0.3 is 10.0 Å². The minimum absolute atomic E-state index is 0.199. The van der Waals surface area contributed by atoms with Crippen LogP contribution in [-0.2, 0) is 0 Å². The lowest BCUT2D eigenvalue weighted by Crippen LogP contribution is -2.37. The Hall–Kier alpha value is -1.56. The Labute approximate surface area is 115 Å². The van der Waals surface area contributed by atoms with Gasteiger partial charge in [0.05, 0.1) is 11.7 Å². The SMILES string of the molecule is CC(O)CC1CCCN1C(=O)c1ccc(F)c(F)c1F. The summed E-state index contributed by atoms with van der Waals surface area (Å²) in [6, 6.07) is 1.49. The number of carbonyl (C=O) groups excluding carboxylic acids is 1. The van der Waals surface area contributed by atoms with Crippen LogP contribution < -0.4 is 0 Å². The van der Waals surface area contributed by atoms with Crippen molar-refractivity contribution in [1.29, 1.82) is 0 Å². The number of carbonyl (C=O) groups is 1. The molecule has 0 bridgehead atoms. The number of halogens is 3. The van der Waals surface area contributed by atoms with Crippen molar-refractivity contribution in [2.45, 2.75) is 38.3 Å². The van der Waals surface area contributed by atoms with Crippen molar-refractivity contribution in [2.75, 3.05) is 6.54 Å². The summed E-state index contributed by atoms with van der Waals surface area (Å²) in [5, 5.41) is 9.40. The van der Waals surface area contributed by atoms with E-state index >= 15 is 0 Å². The van der Waals surface area contributed by atoms with E-state index in [0.29, 0.717) is 19.4 Å². The van der Waals surface area contributed by atoms with Crippen LogP contribution in [0.5, 0.6) is 0 Å². The zero-order valence-electron chi connectivity index (χ0n) is 11.1. The maximum atomic E-state index is 13.6. The molecule has 3 nitrogen and oxygen atoms in total. The molecule has 110 valence electrons. The Morgan fingerprint density at radius 2 is 2.10 bits per heavy atom. The molecule has 0 aromatic heterocycles. The number of amides is 1. The fraction of sp³-hybridized carbons (Fsp3) is 0.500. The molecule has 2 unspecified atom stereocenters. The van der Waals surface area contributed by atoms with Crippen LogP contribution >= 0.6 is 0 Å². The zero-order chi connectivity index (χ0) is 14.9. The summed E-state index contributed by atoms with van der Waals surface area (Å²) in [5.74, 6) is -5.08. The van der Waals surface area contributed by atoms with Crippen LogP contribution in [0.3, 0.4) is 0 Å². The first-order chi connectivity index (χ1) is 9.41. The number of nitrogens with zero attached hydrogens (tertiary/aromatic N) is 1. The van der Waals surface area contributed by atoms with Gasteiger partial charge in [-0.3, -0.25) is 4.79 Å². The molecule has 0 saturated carbocycles. The quantitative estimate of drug-likeness (QED) is 0.868. The van der Waals surface area contributed by atoms with Gasteiger partial charge in [-0.15, -0.1) is 0 Å². The molecule has 2 atom stereocenters. The second-order valence-corrected chi connectivity index (χ2v) is 5.10. The Morgan fingerprint density at radius 3 is 2.75 bits per heavy atom. The average molecular weight is 287 g/mol. The molecule has 1 aliphatic heterocycles. The average Bonchev–Trinajstić information content (AvgIpc) is 2.82. The van der Waals surface area contributed by atoms with Crippen molar-refractivity contribution in [1.82, 2.24) is 4.90 Å². The highest BCUT2D eigenvalue weighted by molar-refractivity contribution is 5.94. The highest BCUT2D eigenvalue weighted by Crippen LogP contribution is 2.25. The van der Waals surface area contributed by atoms with Gasteiger partial charge in [0, 0.05) is 12.6 Å². The molecule has 0 aliphatic carbocycles. The lowest BCUT2D eigenvalue weighted by atomic mass is 10.1. The summed E-state index contributed by atoms with van der Waals surface area (Å²) in [7, 11) is 0. The molecular formula is C14H16F3NO2. The lowest BCUT2D eigenvalue weighted by Gasteiger charge is -2.26. The van der Waals surface area contributed by atoms with Crippen molar-refractivity contribution in [3.8, 4) is 0 Å². The fourth-order valence-corrected chi connectivity index (χ4v) is 2.59. The summed E-state index contributed by atoms with van der Waals surface area (Å²) in [6.45, 7) is 2.04. The molecule has 6 heteroatoms. The number of aliphatic hydroxyl groups is 1. The van der Waals surface area contributed by atoms with Crippen molar-refractivity contribution >= 4 is 5.91 Å². The zero-order valence-corrected chi connectivity index (χ0v) is 11.1. The fourth-order valence-electron chi connectivity index (χ4n) is 2.59. The second kappa shape index (κ2) is 5.83. The molecular weight excluding hydrogens is 271 g/mol.